The van der Waals surface area contributed by atoms with Gasteiger partial charge in [0, 0.05) is 17.9 Å². The Morgan fingerprint density at radius 2 is 2.15 bits per heavy atom. The number of hydrogen-bond acceptors (Lipinski definition) is 2. The Kier molecular flexibility index (Phi) is 5.26. The Bertz CT molecular complexity index is 586. The van der Waals surface area contributed by atoms with Crippen molar-refractivity contribution in [1.82, 2.24) is 10.3 Å². The lowest BCUT2D eigenvalue weighted by Gasteiger charge is -2.20. The number of benzene rings is 1. The molecule has 0 aliphatic heterocycles. The smallest absolute Gasteiger partial charge is 0.137 e. The minimum absolute atomic E-state index is 0.186. The highest BCUT2D eigenvalue weighted by Gasteiger charge is 2.14. The molecule has 2 aromatic rings. The van der Waals surface area contributed by atoms with E-state index < -0.39 is 0 Å². The van der Waals surface area contributed by atoms with Crippen LogP contribution in [0, 0.1) is 12.7 Å². The van der Waals surface area contributed by atoms with Crippen LogP contribution in [0.15, 0.2) is 41.0 Å². The Balaban J connectivity index is 2.25. The van der Waals surface area contributed by atoms with Crippen molar-refractivity contribution in [2.45, 2.75) is 26.3 Å². The third-order valence-corrected chi connectivity index (χ3v) is 3.91. The molecule has 0 bridgehead atoms. The number of rotatable bonds is 5. The van der Waals surface area contributed by atoms with Crippen LogP contribution in [0.5, 0.6) is 0 Å². The third kappa shape index (κ3) is 3.64. The summed E-state index contributed by atoms with van der Waals surface area (Å²) >= 11 is 3.24. The normalized spacial score (nSPS) is 12.4. The summed E-state index contributed by atoms with van der Waals surface area (Å²) in [4.78, 5) is 4.35. The predicted octanol–water partition coefficient (Wildman–Crippen LogP) is 4.18. The van der Waals surface area contributed by atoms with Gasteiger partial charge >= 0.3 is 0 Å². The van der Waals surface area contributed by atoms with E-state index in [1.54, 1.807) is 6.20 Å². The van der Waals surface area contributed by atoms with Crippen molar-refractivity contribution in [3.63, 3.8) is 0 Å². The van der Waals surface area contributed by atoms with Crippen LogP contribution in [0.2, 0.25) is 0 Å². The molecule has 0 spiro atoms. The van der Waals surface area contributed by atoms with Crippen LogP contribution in [0.1, 0.15) is 29.8 Å². The van der Waals surface area contributed by atoms with Crippen molar-refractivity contribution in [2.24, 2.45) is 0 Å². The fraction of sp³-hybridized carbons (Fsp3) is 0.312. The maximum absolute atomic E-state index is 13.3. The molecule has 4 heteroatoms. The zero-order valence-electron chi connectivity index (χ0n) is 11.7. The molecule has 1 N–H and O–H groups in total. The average Bonchev–Trinajstić information content (AvgIpc) is 2.43. The second-order valence-corrected chi connectivity index (χ2v) is 5.60. The van der Waals surface area contributed by atoms with Gasteiger partial charge in [-0.2, -0.15) is 0 Å². The van der Waals surface area contributed by atoms with Crippen molar-refractivity contribution < 1.29 is 4.39 Å². The second kappa shape index (κ2) is 6.95. The van der Waals surface area contributed by atoms with Crippen LogP contribution in [-0.4, -0.2) is 11.5 Å². The van der Waals surface area contributed by atoms with Gasteiger partial charge in [0.15, 0.2) is 0 Å². The largest absolute Gasteiger partial charge is 0.310 e. The van der Waals surface area contributed by atoms with Crippen LogP contribution >= 0.6 is 15.9 Å². The van der Waals surface area contributed by atoms with Gasteiger partial charge < -0.3 is 5.32 Å². The first-order chi connectivity index (χ1) is 9.61. The van der Waals surface area contributed by atoms with Crippen molar-refractivity contribution >= 4 is 15.9 Å². The van der Waals surface area contributed by atoms with E-state index in [0.29, 0.717) is 4.47 Å². The number of halogens is 2. The molecule has 1 aromatic heterocycles. The standard InChI is InChI=1S/C16H18BrFN2/c1-3-19-16(13-5-4-8-20-11(13)2)10-12-6-7-15(18)14(17)9-12/h4-9,16,19H,3,10H2,1-2H3. The summed E-state index contributed by atoms with van der Waals surface area (Å²) in [6, 6.07) is 9.40. The van der Waals surface area contributed by atoms with Crippen LogP contribution in [0.3, 0.4) is 0 Å². The van der Waals surface area contributed by atoms with Gasteiger partial charge in [-0.05, 0) is 65.1 Å². The van der Waals surface area contributed by atoms with Crippen LogP contribution in [0.25, 0.3) is 0 Å². The van der Waals surface area contributed by atoms with Gasteiger partial charge in [0.05, 0.1) is 4.47 Å². The van der Waals surface area contributed by atoms with Crippen molar-refractivity contribution in [2.75, 3.05) is 6.54 Å². The van der Waals surface area contributed by atoms with E-state index in [2.05, 4.69) is 39.2 Å². The molecule has 1 unspecified atom stereocenters. The summed E-state index contributed by atoms with van der Waals surface area (Å²) in [5.41, 5.74) is 3.31. The fourth-order valence-electron chi connectivity index (χ4n) is 2.31. The number of pyridine rings is 1. The zero-order chi connectivity index (χ0) is 14.5. The van der Waals surface area contributed by atoms with Gasteiger partial charge in [0.25, 0.3) is 0 Å². The Hall–Kier alpha value is -1.26. The Morgan fingerprint density at radius 3 is 2.80 bits per heavy atom. The molecule has 1 aromatic carbocycles. The molecule has 0 aliphatic rings. The van der Waals surface area contributed by atoms with Crippen LogP contribution < -0.4 is 5.32 Å². The van der Waals surface area contributed by atoms with Crippen molar-refractivity contribution in [3.8, 4) is 0 Å². The predicted molar refractivity (Wildman–Crippen MR) is 83.2 cm³/mol. The van der Waals surface area contributed by atoms with Crippen LogP contribution in [-0.2, 0) is 6.42 Å². The summed E-state index contributed by atoms with van der Waals surface area (Å²) in [6.45, 7) is 4.97. The van der Waals surface area contributed by atoms with E-state index >= 15 is 0 Å². The van der Waals surface area contributed by atoms with E-state index in [-0.39, 0.29) is 11.9 Å². The fourth-order valence-corrected chi connectivity index (χ4v) is 2.73. The van der Waals surface area contributed by atoms with Gasteiger partial charge in [0.1, 0.15) is 5.82 Å². The van der Waals surface area contributed by atoms with Crippen LogP contribution in [0.4, 0.5) is 4.39 Å². The number of nitrogens with zero attached hydrogens (tertiary/aromatic N) is 1. The lowest BCUT2D eigenvalue weighted by atomic mass is 9.98. The average molecular weight is 337 g/mol. The summed E-state index contributed by atoms with van der Waals surface area (Å²) in [5, 5.41) is 3.47. The van der Waals surface area contributed by atoms with E-state index in [9.17, 15) is 4.39 Å². The number of aryl methyl sites for hydroxylation is 1. The number of aromatic nitrogens is 1. The first-order valence-electron chi connectivity index (χ1n) is 6.70. The minimum atomic E-state index is -0.230. The molecule has 0 fully saturated rings. The van der Waals surface area contributed by atoms with E-state index in [1.165, 1.54) is 11.6 Å². The molecule has 106 valence electrons. The SMILES string of the molecule is CCNC(Cc1ccc(F)c(Br)c1)c1cccnc1C. The maximum atomic E-state index is 13.3. The van der Waals surface area contributed by atoms with Gasteiger partial charge in [-0.1, -0.05) is 19.1 Å². The maximum Gasteiger partial charge on any atom is 0.137 e. The quantitative estimate of drug-likeness (QED) is 0.885. The summed E-state index contributed by atoms with van der Waals surface area (Å²) in [5.74, 6) is -0.230. The first-order valence-corrected chi connectivity index (χ1v) is 7.50. The van der Waals surface area contributed by atoms with Crippen molar-refractivity contribution in [1.29, 1.82) is 0 Å². The van der Waals surface area contributed by atoms with Gasteiger partial charge in [-0.3, -0.25) is 4.98 Å². The molecule has 0 aliphatic carbocycles. The molecular formula is C16H18BrFN2. The lowest BCUT2D eigenvalue weighted by molar-refractivity contribution is 0.544. The molecular weight excluding hydrogens is 319 g/mol. The summed E-state index contributed by atoms with van der Waals surface area (Å²) < 4.78 is 13.8. The second-order valence-electron chi connectivity index (χ2n) is 4.74. The molecule has 2 nitrogen and oxygen atoms in total. The van der Waals surface area contributed by atoms with Gasteiger partial charge in [0.2, 0.25) is 0 Å². The van der Waals surface area contributed by atoms with Crippen molar-refractivity contribution in [3.05, 3.63) is 63.6 Å². The van der Waals surface area contributed by atoms with E-state index in [1.807, 2.05) is 25.1 Å². The topological polar surface area (TPSA) is 24.9 Å². The molecule has 1 atom stereocenters. The summed E-state index contributed by atoms with van der Waals surface area (Å²) in [6.07, 6.45) is 2.61. The summed E-state index contributed by atoms with van der Waals surface area (Å²) in [7, 11) is 0. The molecule has 0 radical (unpaired) electrons. The lowest BCUT2D eigenvalue weighted by Crippen LogP contribution is -2.24. The minimum Gasteiger partial charge on any atom is -0.310 e. The number of hydrogen-bond donors (Lipinski definition) is 1. The monoisotopic (exact) mass is 336 g/mol. The Labute approximate surface area is 127 Å². The molecule has 0 amide bonds. The highest BCUT2D eigenvalue weighted by atomic mass is 79.9. The van der Waals surface area contributed by atoms with Gasteiger partial charge in [-0.15, -0.1) is 0 Å². The highest BCUT2D eigenvalue weighted by molar-refractivity contribution is 9.10. The molecule has 0 saturated carbocycles. The zero-order valence-corrected chi connectivity index (χ0v) is 13.2. The molecule has 20 heavy (non-hydrogen) atoms. The Morgan fingerprint density at radius 1 is 1.35 bits per heavy atom. The first kappa shape index (κ1) is 15.1. The van der Waals surface area contributed by atoms with Gasteiger partial charge in [-0.25, -0.2) is 4.39 Å². The number of likely N-dealkylation sites (N-methyl/N-ethyl adjacent to an activating group) is 1. The molecule has 2 rings (SSSR count). The third-order valence-electron chi connectivity index (χ3n) is 3.30. The highest BCUT2D eigenvalue weighted by Crippen LogP contribution is 2.23. The van der Waals surface area contributed by atoms with E-state index in [4.69, 9.17) is 0 Å². The number of nitrogens with one attached hydrogen (secondary N) is 1. The molecule has 0 saturated heterocycles. The molecule has 1 heterocycles. The van der Waals surface area contributed by atoms with E-state index in [0.717, 1.165) is 24.2 Å².